The second kappa shape index (κ2) is 9.19. The number of nitrogens with one attached hydrogen (secondary N) is 3. The van der Waals surface area contributed by atoms with Gasteiger partial charge in [0.15, 0.2) is 9.84 Å². The van der Waals surface area contributed by atoms with E-state index in [2.05, 4.69) is 22.1 Å². The van der Waals surface area contributed by atoms with Gasteiger partial charge in [0, 0.05) is 31.8 Å². The van der Waals surface area contributed by atoms with Gasteiger partial charge in [0.25, 0.3) is 0 Å². The van der Waals surface area contributed by atoms with Gasteiger partial charge in [0.2, 0.25) is 5.91 Å². The van der Waals surface area contributed by atoms with Crippen molar-refractivity contribution in [2.75, 3.05) is 31.6 Å². The summed E-state index contributed by atoms with van der Waals surface area (Å²) in [6, 6.07) is 8.53. The third-order valence-corrected chi connectivity index (χ3v) is 8.99. The number of anilines is 1. The first-order chi connectivity index (χ1) is 15.6. The molecular formula is C22H32N6O4S. The van der Waals surface area contributed by atoms with E-state index in [1.165, 1.54) is 0 Å². The van der Waals surface area contributed by atoms with Gasteiger partial charge in [-0.3, -0.25) is 4.79 Å². The number of benzene rings is 1. The number of nitrogens with zero attached hydrogens (tertiary/aromatic N) is 3. The Balaban J connectivity index is 1.56. The third-order valence-electron chi connectivity index (χ3n) is 6.48. The Morgan fingerprint density at radius 3 is 2.58 bits per heavy atom. The zero-order chi connectivity index (χ0) is 23.8. The Bertz CT molecular complexity index is 1020. The Morgan fingerprint density at radius 2 is 1.91 bits per heavy atom. The minimum absolute atomic E-state index is 0.0507. The summed E-state index contributed by atoms with van der Waals surface area (Å²) < 4.78 is 30.1. The van der Waals surface area contributed by atoms with Crippen molar-refractivity contribution in [2.24, 2.45) is 5.92 Å². The fourth-order valence-electron chi connectivity index (χ4n) is 4.58. The lowest BCUT2D eigenvalue weighted by Gasteiger charge is -2.38. The molecule has 3 fully saturated rings. The van der Waals surface area contributed by atoms with E-state index in [0.717, 1.165) is 6.42 Å². The first-order valence-corrected chi connectivity index (χ1v) is 12.8. The number of piperidine rings is 1. The summed E-state index contributed by atoms with van der Waals surface area (Å²) in [4.78, 5) is 13.1. The van der Waals surface area contributed by atoms with Crippen molar-refractivity contribution in [1.82, 2.24) is 20.9 Å². The molecule has 1 aromatic rings. The summed E-state index contributed by atoms with van der Waals surface area (Å²) in [7, 11) is -3.45. The zero-order valence-electron chi connectivity index (χ0n) is 19.2. The summed E-state index contributed by atoms with van der Waals surface area (Å²) in [5.74, 6) is -0.425. The normalized spacial score (nSPS) is 29.6. The van der Waals surface area contributed by atoms with E-state index in [9.17, 15) is 18.5 Å². The average Bonchev–Trinajstić information content (AvgIpc) is 2.97. The molecule has 3 unspecified atom stereocenters. The van der Waals surface area contributed by atoms with Crippen molar-refractivity contribution in [2.45, 2.75) is 61.5 Å². The highest BCUT2D eigenvalue weighted by atomic mass is 32.2. The number of rotatable bonds is 4. The zero-order valence-corrected chi connectivity index (χ0v) is 20.1. The molecule has 33 heavy (non-hydrogen) atoms. The first-order valence-electron chi connectivity index (χ1n) is 11.3. The third kappa shape index (κ3) is 4.58. The molecule has 0 aliphatic carbocycles. The van der Waals surface area contributed by atoms with Crippen LogP contribution in [0.3, 0.4) is 0 Å². The molecule has 3 heterocycles. The lowest BCUT2D eigenvalue weighted by atomic mass is 9.91. The van der Waals surface area contributed by atoms with Gasteiger partial charge in [0.1, 0.15) is 12.2 Å². The van der Waals surface area contributed by atoms with Gasteiger partial charge in [-0.1, -0.05) is 0 Å². The molecule has 180 valence electrons. The van der Waals surface area contributed by atoms with Gasteiger partial charge in [-0.2, -0.15) is 10.4 Å². The summed E-state index contributed by atoms with van der Waals surface area (Å²) in [6.45, 7) is 7.21. The van der Waals surface area contributed by atoms with Crippen molar-refractivity contribution >= 4 is 21.4 Å². The number of ether oxygens (including phenoxy) is 1. The minimum Gasteiger partial charge on any atom is -0.380 e. The molecule has 4 atom stereocenters. The summed E-state index contributed by atoms with van der Waals surface area (Å²) in [6.07, 6.45) is 0.934. The number of sulfone groups is 1. The molecule has 0 radical (unpaired) electrons. The largest absolute Gasteiger partial charge is 0.380 e. The van der Waals surface area contributed by atoms with Crippen LogP contribution in [-0.2, 0) is 19.4 Å². The van der Waals surface area contributed by atoms with Crippen molar-refractivity contribution in [3.8, 4) is 6.07 Å². The van der Waals surface area contributed by atoms with Gasteiger partial charge in [-0.25, -0.2) is 18.9 Å². The minimum atomic E-state index is -3.45. The number of nitriles is 1. The summed E-state index contributed by atoms with van der Waals surface area (Å²) in [5, 5.41) is 19.9. The van der Waals surface area contributed by atoms with Crippen LogP contribution in [0, 0.1) is 17.2 Å². The number of hydrogen-bond donors (Lipinski definition) is 3. The maximum absolute atomic E-state index is 12.8. The van der Waals surface area contributed by atoms with Crippen LogP contribution in [0.2, 0.25) is 0 Å². The smallest absolute Gasteiger partial charge is 0.228 e. The molecule has 3 saturated heterocycles. The van der Waals surface area contributed by atoms with E-state index < -0.39 is 20.8 Å². The highest BCUT2D eigenvalue weighted by molar-refractivity contribution is 7.92. The lowest BCUT2D eigenvalue weighted by molar-refractivity contribution is -0.133. The number of hydrogen-bond acceptors (Lipinski definition) is 9. The van der Waals surface area contributed by atoms with Crippen molar-refractivity contribution in [3.63, 3.8) is 0 Å². The molecule has 3 aliphatic rings. The molecule has 1 aromatic carbocycles. The molecule has 0 bridgehead atoms. The van der Waals surface area contributed by atoms with Crippen LogP contribution >= 0.6 is 0 Å². The Hall–Kier alpha value is -2.23. The molecule has 11 heteroatoms. The van der Waals surface area contributed by atoms with Gasteiger partial charge in [-0.15, -0.1) is 0 Å². The van der Waals surface area contributed by atoms with Crippen LogP contribution in [0.15, 0.2) is 29.2 Å². The van der Waals surface area contributed by atoms with Gasteiger partial charge in [-0.05, 0) is 51.5 Å². The molecule has 0 saturated carbocycles. The van der Waals surface area contributed by atoms with E-state index in [0.29, 0.717) is 38.4 Å². The molecular weight excluding hydrogens is 444 g/mol. The first kappa shape index (κ1) is 23.9. The maximum atomic E-state index is 12.8. The predicted molar refractivity (Wildman–Crippen MR) is 122 cm³/mol. The number of hydrazine groups is 2. The monoisotopic (exact) mass is 476 g/mol. The Morgan fingerprint density at radius 1 is 1.18 bits per heavy atom. The van der Waals surface area contributed by atoms with Crippen LogP contribution in [0.1, 0.15) is 33.6 Å². The van der Waals surface area contributed by atoms with E-state index in [1.807, 2.05) is 10.1 Å². The van der Waals surface area contributed by atoms with E-state index in [4.69, 9.17) is 4.74 Å². The van der Waals surface area contributed by atoms with Crippen LogP contribution in [0.25, 0.3) is 0 Å². The Kier molecular flexibility index (Phi) is 6.66. The number of carbonyl (C=O) groups is 1. The second-order valence-corrected chi connectivity index (χ2v) is 12.3. The molecule has 3 aliphatic heterocycles. The maximum Gasteiger partial charge on any atom is 0.228 e. The van der Waals surface area contributed by atoms with Crippen LogP contribution in [0.4, 0.5) is 5.69 Å². The van der Waals surface area contributed by atoms with E-state index in [1.54, 1.807) is 45.0 Å². The number of carbonyl (C=O) groups excluding carboxylic acids is 1. The van der Waals surface area contributed by atoms with Crippen molar-refractivity contribution in [3.05, 3.63) is 24.3 Å². The van der Waals surface area contributed by atoms with Gasteiger partial charge in [0.05, 0.1) is 34.3 Å². The van der Waals surface area contributed by atoms with Crippen LogP contribution < -0.4 is 16.1 Å². The van der Waals surface area contributed by atoms with Crippen molar-refractivity contribution < 1.29 is 17.9 Å². The quantitative estimate of drug-likeness (QED) is 0.580. The van der Waals surface area contributed by atoms with Gasteiger partial charge < -0.3 is 15.4 Å². The standard InChI is InChI=1S/C22H32N6O4S/c1-22(2,3)33(30,31)17-6-4-15(5-7-17)25-20-19-18(8-10-24-21(19)29)28(26-20)27-11-13-32-12-9-16(27)14-23/h4-7,16,18-20,25-26H,8-13H2,1-3H3,(H,24,29)/t16-,18?,19?,20?/m0/s1. The molecule has 4 rings (SSSR count). The van der Waals surface area contributed by atoms with Gasteiger partial charge >= 0.3 is 0 Å². The topological polar surface area (TPSA) is 127 Å². The molecule has 1 amide bonds. The fourth-order valence-corrected chi connectivity index (χ4v) is 5.78. The molecule has 10 nitrogen and oxygen atoms in total. The van der Waals surface area contributed by atoms with Crippen LogP contribution in [0.5, 0.6) is 0 Å². The highest BCUT2D eigenvalue weighted by Crippen LogP contribution is 2.32. The number of fused-ring (bicyclic) bond motifs is 1. The van der Waals surface area contributed by atoms with E-state index >= 15 is 0 Å². The molecule has 0 aromatic heterocycles. The highest BCUT2D eigenvalue weighted by Gasteiger charge is 2.50. The molecule has 0 spiro atoms. The lowest BCUT2D eigenvalue weighted by Crippen LogP contribution is -2.58. The summed E-state index contributed by atoms with van der Waals surface area (Å²) in [5.41, 5.74) is 4.11. The van der Waals surface area contributed by atoms with Crippen molar-refractivity contribution in [1.29, 1.82) is 5.26 Å². The fraction of sp³-hybridized carbons (Fsp3) is 0.636. The van der Waals surface area contributed by atoms with E-state index in [-0.39, 0.29) is 28.8 Å². The Labute approximate surface area is 195 Å². The predicted octanol–water partition coefficient (Wildman–Crippen LogP) is 0.851. The average molecular weight is 477 g/mol. The summed E-state index contributed by atoms with van der Waals surface area (Å²) >= 11 is 0. The van der Waals surface area contributed by atoms with Crippen LogP contribution in [-0.4, -0.2) is 73.8 Å². The number of amides is 1. The SMILES string of the molecule is CC(C)(C)S(=O)(=O)c1ccc(NC2NN(N3CCOCC[C@H]3C#N)C3CCNC(=O)C23)cc1. The second-order valence-electron chi connectivity index (χ2n) is 9.62. The molecule has 3 N–H and O–H groups in total.